The van der Waals surface area contributed by atoms with Crippen molar-refractivity contribution in [2.24, 2.45) is 0 Å². The zero-order chi connectivity index (χ0) is 15.6. The van der Waals surface area contributed by atoms with Crippen molar-refractivity contribution in [3.8, 4) is 11.4 Å². The molecule has 0 amide bonds. The van der Waals surface area contributed by atoms with Crippen LogP contribution in [-0.2, 0) is 5.75 Å². The van der Waals surface area contributed by atoms with Gasteiger partial charge in [-0.25, -0.2) is 4.98 Å². The standard InChI is InChI=1S/C15H12N6S2/c1-10-17-11(8-22-10)9-23-15-19-18-14-6-5-13(20-21(14)15)12-4-2-3-7-16-12/h2-8H,9H2,1H3. The van der Waals surface area contributed by atoms with Crippen molar-refractivity contribution in [3.63, 3.8) is 0 Å². The molecule has 4 aromatic rings. The number of aryl methyl sites for hydroxylation is 1. The van der Waals surface area contributed by atoms with Crippen molar-refractivity contribution < 1.29 is 0 Å². The van der Waals surface area contributed by atoms with Crippen LogP contribution in [0.5, 0.6) is 0 Å². The van der Waals surface area contributed by atoms with Gasteiger partial charge in [0.1, 0.15) is 5.69 Å². The molecule has 0 atom stereocenters. The van der Waals surface area contributed by atoms with Crippen LogP contribution in [0, 0.1) is 6.92 Å². The van der Waals surface area contributed by atoms with E-state index in [1.54, 1.807) is 33.8 Å². The summed E-state index contributed by atoms with van der Waals surface area (Å²) in [5, 5.41) is 16.9. The molecular weight excluding hydrogens is 328 g/mol. The van der Waals surface area contributed by atoms with E-state index in [-0.39, 0.29) is 0 Å². The number of thioether (sulfide) groups is 1. The molecule has 0 aliphatic heterocycles. The number of aromatic nitrogens is 6. The van der Waals surface area contributed by atoms with E-state index in [4.69, 9.17) is 0 Å². The lowest BCUT2D eigenvalue weighted by Crippen LogP contribution is -1.97. The summed E-state index contributed by atoms with van der Waals surface area (Å²) in [4.78, 5) is 8.80. The van der Waals surface area contributed by atoms with Crippen molar-refractivity contribution in [2.75, 3.05) is 0 Å². The third kappa shape index (κ3) is 2.95. The molecule has 4 aromatic heterocycles. The third-order valence-electron chi connectivity index (χ3n) is 3.18. The Hall–Kier alpha value is -2.32. The highest BCUT2D eigenvalue weighted by atomic mass is 32.2. The Bertz CT molecular complexity index is 947. The molecule has 0 bridgehead atoms. The van der Waals surface area contributed by atoms with Crippen LogP contribution in [0.4, 0.5) is 0 Å². The molecular formula is C15H12N6S2. The summed E-state index contributed by atoms with van der Waals surface area (Å²) < 4.78 is 1.76. The maximum absolute atomic E-state index is 4.61. The molecule has 4 rings (SSSR count). The summed E-state index contributed by atoms with van der Waals surface area (Å²) in [5.41, 5.74) is 3.40. The highest BCUT2D eigenvalue weighted by Crippen LogP contribution is 2.23. The Kier molecular flexibility index (Phi) is 3.76. The van der Waals surface area contributed by atoms with Gasteiger partial charge in [0, 0.05) is 17.3 Å². The smallest absolute Gasteiger partial charge is 0.212 e. The van der Waals surface area contributed by atoms with E-state index in [0.717, 1.165) is 38.6 Å². The molecule has 0 spiro atoms. The number of nitrogens with zero attached hydrogens (tertiary/aromatic N) is 6. The average molecular weight is 340 g/mol. The fourth-order valence-electron chi connectivity index (χ4n) is 2.12. The lowest BCUT2D eigenvalue weighted by atomic mass is 10.2. The van der Waals surface area contributed by atoms with Gasteiger partial charge in [-0.3, -0.25) is 4.98 Å². The van der Waals surface area contributed by atoms with Gasteiger partial charge >= 0.3 is 0 Å². The van der Waals surface area contributed by atoms with E-state index >= 15 is 0 Å². The second-order valence-corrected chi connectivity index (χ2v) is 6.84. The Morgan fingerprint density at radius 1 is 1.13 bits per heavy atom. The van der Waals surface area contributed by atoms with Crippen molar-refractivity contribution in [1.29, 1.82) is 0 Å². The van der Waals surface area contributed by atoms with Crippen molar-refractivity contribution in [3.05, 3.63) is 52.6 Å². The monoisotopic (exact) mass is 340 g/mol. The first-order chi connectivity index (χ1) is 11.3. The van der Waals surface area contributed by atoms with Crippen LogP contribution >= 0.6 is 23.1 Å². The number of thiazole rings is 1. The van der Waals surface area contributed by atoms with Crippen molar-refractivity contribution in [1.82, 2.24) is 29.8 Å². The fraction of sp³-hybridized carbons (Fsp3) is 0.133. The first-order valence-electron chi connectivity index (χ1n) is 6.97. The molecule has 23 heavy (non-hydrogen) atoms. The maximum Gasteiger partial charge on any atom is 0.212 e. The van der Waals surface area contributed by atoms with Crippen LogP contribution in [-0.4, -0.2) is 29.8 Å². The van der Waals surface area contributed by atoms with E-state index in [9.17, 15) is 0 Å². The Morgan fingerprint density at radius 2 is 2.09 bits per heavy atom. The van der Waals surface area contributed by atoms with E-state index in [1.807, 2.05) is 37.3 Å². The minimum Gasteiger partial charge on any atom is -0.255 e. The highest BCUT2D eigenvalue weighted by molar-refractivity contribution is 7.98. The molecule has 0 saturated heterocycles. The molecule has 0 radical (unpaired) electrons. The highest BCUT2D eigenvalue weighted by Gasteiger charge is 2.10. The third-order valence-corrected chi connectivity index (χ3v) is 4.95. The molecule has 0 fully saturated rings. The molecule has 0 aliphatic rings. The first kappa shape index (κ1) is 14.3. The lowest BCUT2D eigenvalue weighted by molar-refractivity contribution is 0.811. The Morgan fingerprint density at radius 3 is 2.87 bits per heavy atom. The minimum atomic E-state index is 0.724. The SMILES string of the molecule is Cc1nc(CSc2nnc3ccc(-c4ccccn4)nn23)cs1. The summed E-state index contributed by atoms with van der Waals surface area (Å²) in [6.45, 7) is 2.01. The maximum atomic E-state index is 4.61. The molecule has 0 N–H and O–H groups in total. The number of rotatable bonds is 4. The summed E-state index contributed by atoms with van der Waals surface area (Å²) in [5.74, 6) is 0.751. The normalized spacial score (nSPS) is 11.2. The van der Waals surface area contributed by atoms with Crippen LogP contribution in [0.25, 0.3) is 17.0 Å². The van der Waals surface area contributed by atoms with Crippen LogP contribution in [0.1, 0.15) is 10.7 Å². The van der Waals surface area contributed by atoms with Gasteiger partial charge in [0.25, 0.3) is 0 Å². The van der Waals surface area contributed by atoms with Crippen LogP contribution in [0.3, 0.4) is 0 Å². The predicted octanol–water partition coefficient (Wildman–Crippen LogP) is 3.24. The number of fused-ring (bicyclic) bond motifs is 1. The van der Waals surface area contributed by atoms with E-state index in [2.05, 4.69) is 30.6 Å². The zero-order valence-electron chi connectivity index (χ0n) is 12.2. The number of hydrogen-bond donors (Lipinski definition) is 0. The van der Waals surface area contributed by atoms with Gasteiger partial charge in [-0.1, -0.05) is 17.8 Å². The molecule has 0 aromatic carbocycles. The van der Waals surface area contributed by atoms with Gasteiger partial charge in [0.05, 0.1) is 16.4 Å². The van der Waals surface area contributed by atoms with E-state index in [1.165, 1.54) is 0 Å². The van der Waals surface area contributed by atoms with Gasteiger partial charge in [0.2, 0.25) is 5.16 Å². The minimum absolute atomic E-state index is 0.724. The molecule has 114 valence electrons. The van der Waals surface area contributed by atoms with Crippen LogP contribution in [0.15, 0.2) is 47.1 Å². The van der Waals surface area contributed by atoms with Gasteiger partial charge in [-0.2, -0.15) is 9.61 Å². The molecule has 4 heterocycles. The van der Waals surface area contributed by atoms with Gasteiger partial charge in [-0.15, -0.1) is 21.5 Å². The van der Waals surface area contributed by atoms with Gasteiger partial charge in [0.15, 0.2) is 5.65 Å². The summed E-state index contributed by atoms with van der Waals surface area (Å²) in [7, 11) is 0. The lowest BCUT2D eigenvalue weighted by Gasteiger charge is -2.01. The molecule has 0 saturated carbocycles. The zero-order valence-corrected chi connectivity index (χ0v) is 13.9. The number of hydrogen-bond acceptors (Lipinski definition) is 7. The van der Waals surface area contributed by atoms with Crippen LogP contribution < -0.4 is 0 Å². The topological polar surface area (TPSA) is 68.9 Å². The second kappa shape index (κ2) is 6.05. The van der Waals surface area contributed by atoms with Crippen LogP contribution in [0.2, 0.25) is 0 Å². The van der Waals surface area contributed by atoms with Crippen molar-refractivity contribution in [2.45, 2.75) is 17.8 Å². The molecule has 6 nitrogen and oxygen atoms in total. The molecule has 0 aliphatic carbocycles. The van der Waals surface area contributed by atoms with Crippen molar-refractivity contribution >= 4 is 28.7 Å². The predicted molar refractivity (Wildman–Crippen MR) is 90.4 cm³/mol. The number of pyridine rings is 1. The summed E-state index contributed by atoms with van der Waals surface area (Å²) in [6.07, 6.45) is 1.76. The largest absolute Gasteiger partial charge is 0.255 e. The van der Waals surface area contributed by atoms with E-state index < -0.39 is 0 Å². The Labute approximate surface area is 140 Å². The average Bonchev–Trinajstić information content (AvgIpc) is 3.19. The van der Waals surface area contributed by atoms with Gasteiger partial charge < -0.3 is 0 Å². The molecule has 8 heteroatoms. The van der Waals surface area contributed by atoms with E-state index in [0.29, 0.717) is 0 Å². The quantitative estimate of drug-likeness (QED) is 0.531. The molecule has 0 unspecified atom stereocenters. The summed E-state index contributed by atoms with van der Waals surface area (Å²) in [6, 6.07) is 9.58. The first-order valence-corrected chi connectivity index (χ1v) is 8.84. The fourth-order valence-corrected chi connectivity index (χ4v) is 3.62. The summed E-state index contributed by atoms with van der Waals surface area (Å²) >= 11 is 3.23. The second-order valence-electron chi connectivity index (χ2n) is 4.83. The Balaban J connectivity index is 1.65. The van der Waals surface area contributed by atoms with Gasteiger partial charge in [-0.05, 0) is 31.2 Å².